The zero-order valence-corrected chi connectivity index (χ0v) is 12.3. The van der Waals surface area contributed by atoms with E-state index in [2.05, 4.69) is 13.8 Å². The van der Waals surface area contributed by atoms with Crippen LogP contribution in [-0.4, -0.2) is 17.2 Å². The third-order valence-corrected chi connectivity index (χ3v) is 4.07. The number of carboxylic acid groups (broad SMARTS) is 1. The number of benzene rings is 1. The van der Waals surface area contributed by atoms with Crippen molar-refractivity contribution in [3.8, 4) is 0 Å². The molecule has 20 heavy (non-hydrogen) atoms. The van der Waals surface area contributed by atoms with Crippen LogP contribution in [0.5, 0.6) is 0 Å². The lowest BCUT2D eigenvalue weighted by Crippen LogP contribution is -2.26. The van der Waals surface area contributed by atoms with E-state index >= 15 is 0 Å². The van der Waals surface area contributed by atoms with Crippen molar-refractivity contribution in [3.05, 3.63) is 35.4 Å². The van der Waals surface area contributed by atoms with Crippen LogP contribution in [0.3, 0.4) is 0 Å². The third kappa shape index (κ3) is 4.34. The zero-order chi connectivity index (χ0) is 14.5. The molecule has 3 heteroatoms. The van der Waals surface area contributed by atoms with Gasteiger partial charge in [0.1, 0.15) is 0 Å². The molecule has 0 spiro atoms. The van der Waals surface area contributed by atoms with Gasteiger partial charge in [0.2, 0.25) is 0 Å². The average Bonchev–Trinajstić information content (AvgIpc) is 2.36. The number of hydrogen-bond donors (Lipinski definition) is 1. The van der Waals surface area contributed by atoms with Crippen LogP contribution < -0.4 is 0 Å². The number of carbonyl (C=O) groups is 1. The van der Waals surface area contributed by atoms with Crippen LogP contribution in [0.25, 0.3) is 0 Å². The summed E-state index contributed by atoms with van der Waals surface area (Å²) in [6, 6.07) is 7.66. The van der Waals surface area contributed by atoms with Gasteiger partial charge in [-0.25, -0.2) is 0 Å². The SMILES string of the molecule is CC1CC(C)CC(OCc2ccccc2CC(=O)O)C1. The van der Waals surface area contributed by atoms with Crippen LogP contribution in [0.15, 0.2) is 24.3 Å². The van der Waals surface area contributed by atoms with Gasteiger partial charge >= 0.3 is 5.97 Å². The first-order chi connectivity index (χ1) is 9.54. The Hall–Kier alpha value is -1.35. The maximum absolute atomic E-state index is 10.9. The Labute approximate surface area is 121 Å². The Morgan fingerprint density at radius 1 is 1.15 bits per heavy atom. The average molecular weight is 276 g/mol. The Balaban J connectivity index is 1.95. The normalized spacial score (nSPS) is 26.4. The molecule has 0 radical (unpaired) electrons. The van der Waals surface area contributed by atoms with E-state index in [-0.39, 0.29) is 6.42 Å². The molecule has 0 heterocycles. The summed E-state index contributed by atoms with van der Waals surface area (Å²) in [7, 11) is 0. The lowest BCUT2D eigenvalue weighted by molar-refractivity contribution is -0.136. The van der Waals surface area contributed by atoms with Gasteiger partial charge in [-0.3, -0.25) is 4.79 Å². The molecule has 1 aliphatic rings. The number of hydrogen-bond acceptors (Lipinski definition) is 2. The molecular weight excluding hydrogens is 252 g/mol. The number of rotatable bonds is 5. The highest BCUT2D eigenvalue weighted by Gasteiger charge is 2.24. The van der Waals surface area contributed by atoms with Crippen LogP contribution in [0.4, 0.5) is 0 Å². The summed E-state index contributed by atoms with van der Waals surface area (Å²) < 4.78 is 6.04. The minimum atomic E-state index is -0.794. The summed E-state index contributed by atoms with van der Waals surface area (Å²) in [6.45, 7) is 5.09. The van der Waals surface area contributed by atoms with Gasteiger partial charge < -0.3 is 9.84 Å². The Morgan fingerprint density at radius 2 is 1.75 bits per heavy atom. The van der Waals surface area contributed by atoms with Crippen molar-refractivity contribution >= 4 is 5.97 Å². The van der Waals surface area contributed by atoms with Gasteiger partial charge in [-0.1, -0.05) is 38.1 Å². The van der Waals surface area contributed by atoms with Crippen molar-refractivity contribution in [2.24, 2.45) is 11.8 Å². The molecule has 110 valence electrons. The van der Waals surface area contributed by atoms with Crippen LogP contribution >= 0.6 is 0 Å². The first kappa shape index (κ1) is 15.0. The molecule has 0 bridgehead atoms. The molecule has 0 aliphatic heterocycles. The number of ether oxygens (including phenoxy) is 1. The van der Waals surface area contributed by atoms with Crippen molar-refractivity contribution < 1.29 is 14.6 Å². The molecule has 2 rings (SSSR count). The van der Waals surface area contributed by atoms with Crippen LogP contribution in [-0.2, 0) is 22.6 Å². The molecule has 0 amide bonds. The fourth-order valence-electron chi connectivity index (χ4n) is 3.25. The lowest BCUT2D eigenvalue weighted by Gasteiger charge is -2.31. The second-order valence-corrected chi connectivity index (χ2v) is 6.19. The van der Waals surface area contributed by atoms with Crippen LogP contribution in [0, 0.1) is 11.8 Å². The molecule has 1 aromatic rings. The maximum Gasteiger partial charge on any atom is 0.307 e. The Bertz CT molecular complexity index is 445. The smallest absolute Gasteiger partial charge is 0.307 e. The van der Waals surface area contributed by atoms with Gasteiger partial charge in [0, 0.05) is 0 Å². The number of aliphatic carboxylic acids is 1. The Morgan fingerprint density at radius 3 is 2.35 bits per heavy atom. The molecule has 3 nitrogen and oxygen atoms in total. The standard InChI is InChI=1S/C17H24O3/c1-12-7-13(2)9-16(8-12)20-11-15-6-4-3-5-14(15)10-17(18)19/h3-6,12-13,16H,7-11H2,1-2H3,(H,18,19). The fourth-order valence-corrected chi connectivity index (χ4v) is 3.25. The monoisotopic (exact) mass is 276 g/mol. The van der Waals surface area contributed by atoms with Crippen molar-refractivity contribution in [2.45, 2.75) is 52.2 Å². The van der Waals surface area contributed by atoms with Gasteiger partial charge in [-0.15, -0.1) is 0 Å². The molecule has 0 aromatic heterocycles. The Kier molecular flexibility index (Phi) is 5.18. The molecule has 1 aromatic carbocycles. The summed E-state index contributed by atoms with van der Waals surface area (Å²) in [4.78, 5) is 10.9. The maximum atomic E-state index is 10.9. The van der Waals surface area contributed by atoms with E-state index in [0.717, 1.165) is 35.8 Å². The molecule has 2 atom stereocenters. The van der Waals surface area contributed by atoms with Gasteiger partial charge in [-0.05, 0) is 42.2 Å². The minimum absolute atomic E-state index is 0.0665. The lowest BCUT2D eigenvalue weighted by atomic mass is 9.82. The summed E-state index contributed by atoms with van der Waals surface area (Å²) in [5.41, 5.74) is 1.86. The molecule has 2 unspecified atom stereocenters. The minimum Gasteiger partial charge on any atom is -0.481 e. The molecule has 1 N–H and O–H groups in total. The third-order valence-electron chi connectivity index (χ3n) is 4.07. The molecular formula is C17H24O3. The van der Waals surface area contributed by atoms with Gasteiger partial charge in [0.15, 0.2) is 0 Å². The summed E-state index contributed by atoms with van der Waals surface area (Å²) >= 11 is 0. The van der Waals surface area contributed by atoms with Crippen molar-refractivity contribution in [1.82, 2.24) is 0 Å². The molecule has 1 aliphatic carbocycles. The summed E-state index contributed by atoms with van der Waals surface area (Å²) in [5.74, 6) is 0.647. The van der Waals surface area contributed by atoms with Gasteiger partial charge in [-0.2, -0.15) is 0 Å². The van der Waals surface area contributed by atoms with Gasteiger partial charge in [0.05, 0.1) is 19.1 Å². The topological polar surface area (TPSA) is 46.5 Å². The largest absolute Gasteiger partial charge is 0.481 e. The van der Waals surface area contributed by atoms with E-state index in [9.17, 15) is 4.79 Å². The molecule has 0 saturated heterocycles. The van der Waals surface area contributed by atoms with E-state index in [4.69, 9.17) is 9.84 Å². The highest BCUT2D eigenvalue weighted by atomic mass is 16.5. The van der Waals surface area contributed by atoms with Crippen molar-refractivity contribution in [3.63, 3.8) is 0 Å². The van der Waals surface area contributed by atoms with E-state index < -0.39 is 5.97 Å². The highest BCUT2D eigenvalue weighted by molar-refractivity contribution is 5.70. The predicted octanol–water partition coefficient (Wildman–Crippen LogP) is 3.66. The van der Waals surface area contributed by atoms with E-state index in [0.29, 0.717) is 12.7 Å². The van der Waals surface area contributed by atoms with Crippen LogP contribution in [0.2, 0.25) is 0 Å². The van der Waals surface area contributed by atoms with Crippen molar-refractivity contribution in [1.29, 1.82) is 0 Å². The summed E-state index contributed by atoms with van der Waals surface area (Å²) in [5, 5.41) is 8.94. The van der Waals surface area contributed by atoms with E-state index in [1.807, 2.05) is 24.3 Å². The second kappa shape index (κ2) is 6.89. The molecule has 1 saturated carbocycles. The zero-order valence-electron chi connectivity index (χ0n) is 12.3. The quantitative estimate of drug-likeness (QED) is 0.892. The second-order valence-electron chi connectivity index (χ2n) is 6.19. The highest BCUT2D eigenvalue weighted by Crippen LogP contribution is 2.31. The van der Waals surface area contributed by atoms with Crippen molar-refractivity contribution in [2.75, 3.05) is 0 Å². The van der Waals surface area contributed by atoms with Gasteiger partial charge in [0.25, 0.3) is 0 Å². The van der Waals surface area contributed by atoms with E-state index in [1.165, 1.54) is 6.42 Å². The van der Waals surface area contributed by atoms with Crippen LogP contribution in [0.1, 0.15) is 44.2 Å². The summed E-state index contributed by atoms with van der Waals surface area (Å²) in [6.07, 6.45) is 3.90. The first-order valence-electron chi connectivity index (χ1n) is 7.44. The predicted molar refractivity (Wildman–Crippen MR) is 78.5 cm³/mol. The first-order valence-corrected chi connectivity index (χ1v) is 7.44. The fraction of sp³-hybridized carbons (Fsp3) is 0.588. The van der Waals surface area contributed by atoms with E-state index in [1.54, 1.807) is 0 Å². The number of carboxylic acids is 1. The molecule has 1 fully saturated rings.